The second kappa shape index (κ2) is 42.1. The van der Waals surface area contributed by atoms with E-state index in [0.717, 1.165) is 32.1 Å². The first-order chi connectivity index (χ1) is 27.2. The molecule has 0 spiro atoms. The van der Waals surface area contributed by atoms with Gasteiger partial charge in [0.1, 0.15) is 12.7 Å². The second-order valence-electron chi connectivity index (χ2n) is 16.2. The van der Waals surface area contributed by atoms with Gasteiger partial charge in [-0.3, -0.25) is 18.6 Å². The largest absolute Gasteiger partial charge is 0.472 e. The van der Waals surface area contributed by atoms with Gasteiger partial charge in [-0.05, 0) is 12.8 Å². The standard InChI is InChI=1S/C45H89O10P/c1-3-5-7-9-11-13-15-17-19-20-21-22-23-25-26-28-30-32-34-36-44(48)52-40-43(41-54-56(50,51)53-39-42(47)38-46)55-45(49)37-35-33-31-29-27-24-18-16-14-12-10-8-6-4-2/h42-43,46-47H,3-41H2,1-2H3,(H,50,51)/t42-,43+/m0/s1. The molecule has 0 aromatic rings. The van der Waals surface area contributed by atoms with E-state index in [4.69, 9.17) is 23.6 Å². The average Bonchev–Trinajstić information content (AvgIpc) is 3.19. The molecule has 0 saturated heterocycles. The van der Waals surface area contributed by atoms with E-state index in [2.05, 4.69) is 13.8 Å². The zero-order valence-corrected chi connectivity index (χ0v) is 37.3. The van der Waals surface area contributed by atoms with Crippen molar-refractivity contribution in [3.63, 3.8) is 0 Å². The molecule has 0 radical (unpaired) electrons. The predicted octanol–water partition coefficient (Wildman–Crippen LogP) is 12.6. The van der Waals surface area contributed by atoms with Gasteiger partial charge in [0.2, 0.25) is 0 Å². The molecule has 0 amide bonds. The Balaban J connectivity index is 4.17. The van der Waals surface area contributed by atoms with Crippen LogP contribution in [0.4, 0.5) is 0 Å². The third-order valence-electron chi connectivity index (χ3n) is 10.5. The van der Waals surface area contributed by atoms with Gasteiger partial charge in [-0.2, -0.15) is 0 Å². The lowest BCUT2D eigenvalue weighted by Crippen LogP contribution is -2.29. The highest BCUT2D eigenvalue weighted by atomic mass is 31.2. The highest BCUT2D eigenvalue weighted by molar-refractivity contribution is 7.47. The zero-order valence-electron chi connectivity index (χ0n) is 36.4. The Bertz CT molecular complexity index is 904. The molecule has 0 bridgehead atoms. The van der Waals surface area contributed by atoms with Crippen LogP contribution >= 0.6 is 7.82 Å². The van der Waals surface area contributed by atoms with Gasteiger partial charge >= 0.3 is 19.8 Å². The highest BCUT2D eigenvalue weighted by Gasteiger charge is 2.27. The van der Waals surface area contributed by atoms with Crippen LogP contribution in [0.25, 0.3) is 0 Å². The number of carbonyl (C=O) groups is 2. The van der Waals surface area contributed by atoms with Crippen LogP contribution < -0.4 is 0 Å². The minimum Gasteiger partial charge on any atom is -0.462 e. The first kappa shape index (κ1) is 55.0. The van der Waals surface area contributed by atoms with Crippen LogP contribution in [-0.4, -0.2) is 65.7 Å². The molecule has 0 aliphatic carbocycles. The van der Waals surface area contributed by atoms with Crippen LogP contribution in [0.1, 0.15) is 239 Å². The molecule has 0 aromatic heterocycles. The molecule has 0 aromatic carbocycles. The van der Waals surface area contributed by atoms with Crippen LogP contribution in [0, 0.1) is 0 Å². The average molecular weight is 821 g/mol. The molecule has 0 heterocycles. The third-order valence-corrected chi connectivity index (χ3v) is 11.5. The predicted molar refractivity (Wildman–Crippen MR) is 229 cm³/mol. The summed E-state index contributed by atoms with van der Waals surface area (Å²) in [5, 5.41) is 18.3. The van der Waals surface area contributed by atoms with Crippen molar-refractivity contribution in [3.8, 4) is 0 Å². The number of unbranched alkanes of at least 4 members (excludes halogenated alkanes) is 31. The van der Waals surface area contributed by atoms with Crippen molar-refractivity contribution in [2.24, 2.45) is 0 Å². The van der Waals surface area contributed by atoms with Gasteiger partial charge in [-0.25, -0.2) is 4.57 Å². The van der Waals surface area contributed by atoms with Crippen LogP contribution in [0.15, 0.2) is 0 Å². The number of phosphoric ester groups is 1. The number of phosphoric acid groups is 1. The quantitative estimate of drug-likeness (QED) is 0.0308. The fraction of sp³-hybridized carbons (Fsp3) is 0.956. The number of ether oxygens (including phenoxy) is 2. The summed E-state index contributed by atoms with van der Waals surface area (Å²) in [6.45, 7) is 2.43. The summed E-state index contributed by atoms with van der Waals surface area (Å²) in [6, 6.07) is 0. The topological polar surface area (TPSA) is 149 Å². The lowest BCUT2D eigenvalue weighted by molar-refractivity contribution is -0.161. The summed E-state index contributed by atoms with van der Waals surface area (Å²) in [4.78, 5) is 35.0. The van der Waals surface area contributed by atoms with Crippen molar-refractivity contribution in [2.75, 3.05) is 26.4 Å². The molecule has 11 heteroatoms. The first-order valence-electron chi connectivity index (χ1n) is 23.5. The number of esters is 2. The lowest BCUT2D eigenvalue weighted by Gasteiger charge is -2.20. The fourth-order valence-corrected chi connectivity index (χ4v) is 7.67. The number of carbonyl (C=O) groups excluding carboxylic acids is 2. The maximum atomic E-state index is 12.6. The van der Waals surface area contributed by atoms with Gasteiger partial charge in [0.05, 0.1) is 19.8 Å². The molecule has 0 rings (SSSR count). The smallest absolute Gasteiger partial charge is 0.462 e. The Labute approximate surface area is 344 Å². The fourth-order valence-electron chi connectivity index (χ4n) is 6.88. The molecule has 56 heavy (non-hydrogen) atoms. The van der Waals surface area contributed by atoms with E-state index in [1.165, 1.54) is 167 Å². The van der Waals surface area contributed by atoms with E-state index in [9.17, 15) is 24.2 Å². The summed E-state index contributed by atoms with van der Waals surface area (Å²) >= 11 is 0. The summed E-state index contributed by atoms with van der Waals surface area (Å²) < 4.78 is 32.8. The Kier molecular flexibility index (Phi) is 41.3. The normalized spacial score (nSPS) is 13.7. The van der Waals surface area contributed by atoms with Gasteiger partial charge in [0, 0.05) is 12.8 Å². The van der Waals surface area contributed by atoms with Crippen LogP contribution in [0.3, 0.4) is 0 Å². The summed E-state index contributed by atoms with van der Waals surface area (Å²) in [6.07, 6.45) is 39.2. The molecule has 0 aliphatic heterocycles. The Morgan fingerprint density at radius 3 is 1.11 bits per heavy atom. The van der Waals surface area contributed by atoms with Crippen LogP contribution in [0.5, 0.6) is 0 Å². The molecule has 10 nitrogen and oxygen atoms in total. The molecular weight excluding hydrogens is 731 g/mol. The minimum atomic E-state index is -4.61. The number of hydrogen-bond acceptors (Lipinski definition) is 9. The Hall–Kier alpha value is -1.03. The Morgan fingerprint density at radius 1 is 0.464 bits per heavy atom. The molecular formula is C45H89O10P. The monoisotopic (exact) mass is 821 g/mol. The third kappa shape index (κ3) is 41.1. The molecule has 1 unspecified atom stereocenters. The van der Waals surface area contributed by atoms with Gasteiger partial charge in [-0.15, -0.1) is 0 Å². The lowest BCUT2D eigenvalue weighted by atomic mass is 10.0. The van der Waals surface area contributed by atoms with Gasteiger partial charge in [0.15, 0.2) is 6.10 Å². The van der Waals surface area contributed by atoms with E-state index in [0.29, 0.717) is 12.8 Å². The maximum Gasteiger partial charge on any atom is 0.472 e. The van der Waals surface area contributed by atoms with Crippen molar-refractivity contribution in [3.05, 3.63) is 0 Å². The van der Waals surface area contributed by atoms with E-state index in [1.807, 2.05) is 0 Å². The number of rotatable bonds is 45. The van der Waals surface area contributed by atoms with Crippen molar-refractivity contribution < 1.29 is 47.8 Å². The van der Waals surface area contributed by atoms with Crippen molar-refractivity contribution >= 4 is 19.8 Å². The number of aliphatic hydroxyl groups is 2. The van der Waals surface area contributed by atoms with E-state index < -0.39 is 51.8 Å². The van der Waals surface area contributed by atoms with Crippen molar-refractivity contribution in [2.45, 2.75) is 251 Å². The van der Waals surface area contributed by atoms with E-state index in [-0.39, 0.29) is 19.4 Å². The summed E-state index contributed by atoms with van der Waals surface area (Å²) in [5.41, 5.74) is 0. The number of aliphatic hydroxyl groups excluding tert-OH is 2. The SMILES string of the molecule is CCCCCCCCCCCCCCCCCCCCCC(=O)OC[C@H](COP(=O)(O)OC[C@@H](O)CO)OC(=O)CCCCCCCCCCCCCCCC. The summed E-state index contributed by atoms with van der Waals surface area (Å²) in [5.74, 6) is -0.906. The van der Waals surface area contributed by atoms with Gasteiger partial charge < -0.3 is 24.6 Å². The molecule has 3 atom stereocenters. The maximum absolute atomic E-state index is 12.6. The minimum absolute atomic E-state index is 0.192. The van der Waals surface area contributed by atoms with Crippen molar-refractivity contribution in [1.82, 2.24) is 0 Å². The molecule has 0 fully saturated rings. The Morgan fingerprint density at radius 2 is 0.768 bits per heavy atom. The molecule has 0 saturated carbocycles. The summed E-state index contributed by atoms with van der Waals surface area (Å²) in [7, 11) is -4.61. The van der Waals surface area contributed by atoms with Crippen LogP contribution in [-0.2, 0) is 32.7 Å². The van der Waals surface area contributed by atoms with E-state index in [1.54, 1.807) is 0 Å². The molecule has 0 aliphatic rings. The highest BCUT2D eigenvalue weighted by Crippen LogP contribution is 2.43. The first-order valence-corrected chi connectivity index (χ1v) is 25.0. The van der Waals surface area contributed by atoms with Gasteiger partial charge in [-0.1, -0.05) is 213 Å². The van der Waals surface area contributed by atoms with Crippen LogP contribution in [0.2, 0.25) is 0 Å². The molecule has 334 valence electrons. The zero-order chi connectivity index (χ0) is 41.2. The van der Waals surface area contributed by atoms with Crippen molar-refractivity contribution in [1.29, 1.82) is 0 Å². The molecule has 3 N–H and O–H groups in total. The van der Waals surface area contributed by atoms with Gasteiger partial charge in [0.25, 0.3) is 0 Å². The van der Waals surface area contributed by atoms with E-state index >= 15 is 0 Å². The number of hydrogen-bond donors (Lipinski definition) is 3. The second-order valence-corrected chi connectivity index (χ2v) is 17.6.